The number of carbonyl (C=O) groups is 1. The van der Waals surface area contributed by atoms with Gasteiger partial charge in [-0.15, -0.1) is 0 Å². The van der Waals surface area contributed by atoms with Gasteiger partial charge < -0.3 is 4.74 Å². The predicted molar refractivity (Wildman–Crippen MR) is 56.6 cm³/mol. The molecule has 72 valence electrons. The van der Waals surface area contributed by atoms with Gasteiger partial charge in [0.15, 0.2) is 0 Å². The van der Waals surface area contributed by atoms with Crippen LogP contribution < -0.4 is 0 Å². The number of halogens is 1. The maximum atomic E-state index is 11.3. The molecule has 0 bridgehead atoms. The van der Waals surface area contributed by atoms with Crippen molar-refractivity contribution in [3.63, 3.8) is 0 Å². The molecule has 13 heavy (non-hydrogen) atoms. The Morgan fingerprint density at radius 2 is 2.38 bits per heavy atom. The van der Waals surface area contributed by atoms with Crippen LogP contribution in [0, 0.1) is 3.70 Å². The molecule has 0 atom stereocenters. The maximum absolute atomic E-state index is 11.3. The van der Waals surface area contributed by atoms with Gasteiger partial charge in [0.05, 0.1) is 12.8 Å². The molecule has 0 fully saturated rings. The van der Waals surface area contributed by atoms with Gasteiger partial charge in [-0.2, -0.15) is 5.10 Å². The number of nitrogens with zero attached hydrogens (tertiary/aromatic N) is 2. The standard InChI is InChI=1S/C8H11IN2O2/c1-3-11-7(9)6(5-10-11)8(12)13-4-2/h5H,3-4H2,1-2H3. The van der Waals surface area contributed by atoms with Crippen LogP contribution in [-0.2, 0) is 11.3 Å². The maximum Gasteiger partial charge on any atom is 0.342 e. The average Bonchev–Trinajstić information content (AvgIpc) is 2.47. The molecule has 0 unspecified atom stereocenters. The lowest BCUT2D eigenvalue weighted by Crippen LogP contribution is -2.07. The van der Waals surface area contributed by atoms with Crippen molar-refractivity contribution < 1.29 is 9.53 Å². The molecule has 1 heterocycles. The summed E-state index contributed by atoms with van der Waals surface area (Å²) in [4.78, 5) is 11.3. The molecule has 1 aromatic rings. The van der Waals surface area contributed by atoms with Crippen LogP contribution in [-0.4, -0.2) is 22.4 Å². The van der Waals surface area contributed by atoms with E-state index >= 15 is 0 Å². The van der Waals surface area contributed by atoms with Crippen LogP contribution in [0.2, 0.25) is 0 Å². The van der Waals surface area contributed by atoms with Crippen LogP contribution in [0.3, 0.4) is 0 Å². The van der Waals surface area contributed by atoms with E-state index in [2.05, 4.69) is 27.7 Å². The predicted octanol–water partition coefficient (Wildman–Crippen LogP) is 1.68. The van der Waals surface area contributed by atoms with E-state index in [1.54, 1.807) is 17.8 Å². The van der Waals surface area contributed by atoms with E-state index in [9.17, 15) is 4.79 Å². The minimum atomic E-state index is -0.299. The van der Waals surface area contributed by atoms with Crippen molar-refractivity contribution in [3.05, 3.63) is 15.5 Å². The Bertz CT molecular complexity index is 309. The second-order valence-electron chi connectivity index (χ2n) is 2.39. The van der Waals surface area contributed by atoms with Crippen LogP contribution in [0.25, 0.3) is 0 Å². The van der Waals surface area contributed by atoms with E-state index in [0.717, 1.165) is 10.2 Å². The van der Waals surface area contributed by atoms with E-state index in [4.69, 9.17) is 4.74 Å². The summed E-state index contributed by atoms with van der Waals surface area (Å²) in [5.41, 5.74) is 0.546. The highest BCUT2D eigenvalue weighted by Crippen LogP contribution is 2.12. The van der Waals surface area contributed by atoms with Gasteiger partial charge in [0.25, 0.3) is 0 Å². The molecule has 0 saturated carbocycles. The average molecular weight is 294 g/mol. The Morgan fingerprint density at radius 3 is 2.85 bits per heavy atom. The highest BCUT2D eigenvalue weighted by Gasteiger charge is 2.15. The Labute approximate surface area is 90.4 Å². The summed E-state index contributed by atoms with van der Waals surface area (Å²) in [7, 11) is 0. The normalized spacial score (nSPS) is 10.1. The molecular weight excluding hydrogens is 283 g/mol. The molecule has 1 rings (SSSR count). The number of rotatable bonds is 3. The second kappa shape index (κ2) is 4.59. The fourth-order valence-corrected chi connectivity index (χ4v) is 1.76. The molecule has 0 saturated heterocycles. The molecule has 0 aliphatic heterocycles. The number of aryl methyl sites for hydroxylation is 1. The smallest absolute Gasteiger partial charge is 0.342 e. The lowest BCUT2D eigenvalue weighted by Gasteiger charge is -2.00. The van der Waals surface area contributed by atoms with Gasteiger partial charge in [0, 0.05) is 6.54 Å². The van der Waals surface area contributed by atoms with Crippen LogP contribution in [0.15, 0.2) is 6.20 Å². The molecular formula is C8H11IN2O2. The first-order chi connectivity index (χ1) is 6.20. The van der Waals surface area contributed by atoms with Crippen LogP contribution >= 0.6 is 22.6 Å². The highest BCUT2D eigenvalue weighted by molar-refractivity contribution is 14.1. The third-order valence-electron chi connectivity index (χ3n) is 1.57. The van der Waals surface area contributed by atoms with Crippen molar-refractivity contribution in [1.82, 2.24) is 9.78 Å². The third kappa shape index (κ3) is 2.20. The van der Waals surface area contributed by atoms with E-state index in [-0.39, 0.29) is 5.97 Å². The summed E-state index contributed by atoms with van der Waals surface area (Å²) in [5, 5.41) is 4.05. The molecule has 0 aromatic carbocycles. The third-order valence-corrected chi connectivity index (χ3v) is 2.71. The van der Waals surface area contributed by atoms with E-state index < -0.39 is 0 Å². The molecule has 1 aromatic heterocycles. The Morgan fingerprint density at radius 1 is 1.69 bits per heavy atom. The van der Waals surface area contributed by atoms with Gasteiger partial charge in [-0.05, 0) is 36.4 Å². The molecule has 0 N–H and O–H groups in total. The number of hydrogen-bond donors (Lipinski definition) is 0. The van der Waals surface area contributed by atoms with Crippen molar-refractivity contribution in [2.24, 2.45) is 0 Å². The Kier molecular flexibility index (Phi) is 3.71. The van der Waals surface area contributed by atoms with Crippen LogP contribution in [0.5, 0.6) is 0 Å². The molecule has 0 aliphatic carbocycles. The topological polar surface area (TPSA) is 44.1 Å². The molecule has 5 heteroatoms. The van der Waals surface area contributed by atoms with Gasteiger partial charge in [-0.1, -0.05) is 0 Å². The summed E-state index contributed by atoms with van der Waals surface area (Å²) in [5.74, 6) is -0.299. The van der Waals surface area contributed by atoms with E-state index in [1.165, 1.54) is 0 Å². The Hall–Kier alpha value is -0.590. The first-order valence-electron chi connectivity index (χ1n) is 4.09. The van der Waals surface area contributed by atoms with Crippen molar-refractivity contribution in [1.29, 1.82) is 0 Å². The molecule has 4 nitrogen and oxygen atoms in total. The summed E-state index contributed by atoms with van der Waals surface area (Å²) >= 11 is 2.09. The lowest BCUT2D eigenvalue weighted by molar-refractivity contribution is 0.0525. The fourth-order valence-electron chi connectivity index (χ4n) is 0.937. The molecule has 0 spiro atoms. The van der Waals surface area contributed by atoms with Gasteiger partial charge in [-0.3, -0.25) is 4.68 Å². The zero-order valence-corrected chi connectivity index (χ0v) is 9.74. The SMILES string of the molecule is CCOC(=O)c1cnn(CC)c1I. The molecule has 0 amide bonds. The first kappa shape index (κ1) is 10.5. The summed E-state index contributed by atoms with van der Waals surface area (Å²) < 4.78 is 7.46. The van der Waals surface area contributed by atoms with Crippen LogP contribution in [0.1, 0.15) is 24.2 Å². The number of ether oxygens (including phenoxy) is 1. The van der Waals surface area contributed by atoms with Crippen molar-refractivity contribution in [2.45, 2.75) is 20.4 Å². The van der Waals surface area contributed by atoms with Crippen molar-refractivity contribution in [2.75, 3.05) is 6.61 Å². The number of aromatic nitrogens is 2. The quantitative estimate of drug-likeness (QED) is 0.629. The van der Waals surface area contributed by atoms with Gasteiger partial charge in [0.1, 0.15) is 9.26 Å². The second-order valence-corrected chi connectivity index (χ2v) is 3.41. The molecule has 0 radical (unpaired) electrons. The summed E-state index contributed by atoms with van der Waals surface area (Å²) in [6.45, 7) is 4.92. The largest absolute Gasteiger partial charge is 0.462 e. The summed E-state index contributed by atoms with van der Waals surface area (Å²) in [6, 6.07) is 0. The monoisotopic (exact) mass is 294 g/mol. The van der Waals surface area contributed by atoms with E-state index in [1.807, 2.05) is 6.92 Å². The summed E-state index contributed by atoms with van der Waals surface area (Å²) in [6.07, 6.45) is 1.54. The number of esters is 1. The molecule has 0 aliphatic rings. The van der Waals surface area contributed by atoms with Crippen molar-refractivity contribution >= 4 is 28.6 Å². The van der Waals surface area contributed by atoms with Crippen molar-refractivity contribution in [3.8, 4) is 0 Å². The van der Waals surface area contributed by atoms with Gasteiger partial charge in [-0.25, -0.2) is 4.79 Å². The van der Waals surface area contributed by atoms with Crippen LogP contribution in [0.4, 0.5) is 0 Å². The van der Waals surface area contributed by atoms with Gasteiger partial charge in [0.2, 0.25) is 0 Å². The fraction of sp³-hybridized carbons (Fsp3) is 0.500. The minimum absolute atomic E-state index is 0.299. The number of carbonyl (C=O) groups excluding carboxylic acids is 1. The zero-order chi connectivity index (χ0) is 9.84. The first-order valence-corrected chi connectivity index (χ1v) is 5.17. The number of hydrogen-bond acceptors (Lipinski definition) is 3. The van der Waals surface area contributed by atoms with Gasteiger partial charge >= 0.3 is 5.97 Å². The highest BCUT2D eigenvalue weighted by atomic mass is 127. The van der Waals surface area contributed by atoms with E-state index in [0.29, 0.717) is 12.2 Å². The zero-order valence-electron chi connectivity index (χ0n) is 7.58. The Balaban J connectivity index is 2.89. The minimum Gasteiger partial charge on any atom is -0.462 e. The lowest BCUT2D eigenvalue weighted by atomic mass is 10.4.